The molecule has 116 valence electrons. The SMILES string of the molecule is COc1ccc([C@@H]2SCC(=O)Nc3n[nH]c(C)c32)cc1OC. The van der Waals surface area contributed by atoms with Crippen LogP contribution in [0.25, 0.3) is 0 Å². The fraction of sp³-hybridized carbons (Fsp3) is 0.333. The van der Waals surface area contributed by atoms with Gasteiger partial charge in [-0.1, -0.05) is 6.07 Å². The average molecular weight is 319 g/mol. The standard InChI is InChI=1S/C15H17N3O3S/c1-8-13-14(22-7-12(19)16-15(13)18-17-8)9-4-5-10(20-2)11(6-9)21-3/h4-6,14H,7H2,1-3H3,(H2,16,17,18,19)/t14-/m0/s1. The smallest absolute Gasteiger partial charge is 0.235 e. The zero-order valence-corrected chi connectivity index (χ0v) is 13.4. The summed E-state index contributed by atoms with van der Waals surface area (Å²) in [6, 6.07) is 5.82. The van der Waals surface area contributed by atoms with Gasteiger partial charge in [-0.2, -0.15) is 5.10 Å². The molecule has 0 spiro atoms. The Morgan fingerprint density at radius 1 is 1.27 bits per heavy atom. The summed E-state index contributed by atoms with van der Waals surface area (Å²) in [7, 11) is 3.22. The summed E-state index contributed by atoms with van der Waals surface area (Å²) in [5.41, 5.74) is 3.00. The van der Waals surface area contributed by atoms with E-state index in [-0.39, 0.29) is 11.2 Å². The number of amides is 1. The van der Waals surface area contributed by atoms with Crippen molar-refractivity contribution in [3.63, 3.8) is 0 Å². The molecule has 1 aliphatic heterocycles. The Labute approximate surface area is 132 Å². The Morgan fingerprint density at radius 2 is 2.05 bits per heavy atom. The number of nitrogens with one attached hydrogen (secondary N) is 2. The third-order valence-electron chi connectivity index (χ3n) is 3.61. The predicted molar refractivity (Wildman–Crippen MR) is 85.8 cm³/mol. The van der Waals surface area contributed by atoms with Gasteiger partial charge in [0, 0.05) is 11.3 Å². The van der Waals surface area contributed by atoms with Crippen molar-refractivity contribution in [2.45, 2.75) is 12.2 Å². The minimum Gasteiger partial charge on any atom is -0.493 e. The molecular formula is C15H17N3O3S. The number of rotatable bonds is 3. The number of aromatic nitrogens is 2. The lowest BCUT2D eigenvalue weighted by Crippen LogP contribution is -2.12. The van der Waals surface area contributed by atoms with E-state index in [0.717, 1.165) is 16.8 Å². The van der Waals surface area contributed by atoms with E-state index >= 15 is 0 Å². The zero-order chi connectivity index (χ0) is 15.7. The molecule has 2 heterocycles. The highest BCUT2D eigenvalue weighted by atomic mass is 32.2. The van der Waals surface area contributed by atoms with Gasteiger partial charge in [0.15, 0.2) is 17.3 Å². The van der Waals surface area contributed by atoms with Crippen molar-refractivity contribution in [3.05, 3.63) is 35.0 Å². The summed E-state index contributed by atoms with van der Waals surface area (Å²) in [6.45, 7) is 1.96. The van der Waals surface area contributed by atoms with Crippen LogP contribution < -0.4 is 14.8 Å². The van der Waals surface area contributed by atoms with E-state index in [1.54, 1.807) is 26.0 Å². The molecule has 2 N–H and O–H groups in total. The third kappa shape index (κ3) is 2.52. The molecule has 0 unspecified atom stereocenters. The number of methoxy groups -OCH3 is 2. The lowest BCUT2D eigenvalue weighted by atomic mass is 10.0. The minimum atomic E-state index is -0.0410. The highest BCUT2D eigenvalue weighted by Gasteiger charge is 2.28. The number of carbonyl (C=O) groups is 1. The molecule has 7 heteroatoms. The van der Waals surface area contributed by atoms with Gasteiger partial charge in [0.1, 0.15) is 0 Å². The van der Waals surface area contributed by atoms with Crippen molar-refractivity contribution < 1.29 is 14.3 Å². The fourth-order valence-electron chi connectivity index (χ4n) is 2.54. The van der Waals surface area contributed by atoms with E-state index in [9.17, 15) is 4.79 Å². The second-order valence-corrected chi connectivity index (χ2v) is 6.06. The van der Waals surface area contributed by atoms with E-state index in [0.29, 0.717) is 23.1 Å². The van der Waals surface area contributed by atoms with Crippen LogP contribution in [0.1, 0.15) is 22.1 Å². The quantitative estimate of drug-likeness (QED) is 0.909. The maximum atomic E-state index is 11.8. The topological polar surface area (TPSA) is 76.2 Å². The summed E-state index contributed by atoms with van der Waals surface area (Å²) in [5, 5.41) is 9.98. The van der Waals surface area contributed by atoms with Crippen LogP contribution >= 0.6 is 11.8 Å². The minimum absolute atomic E-state index is 0.00695. The van der Waals surface area contributed by atoms with E-state index in [1.807, 2.05) is 25.1 Å². The first-order valence-corrected chi connectivity index (χ1v) is 7.87. The highest BCUT2D eigenvalue weighted by molar-refractivity contribution is 8.00. The maximum absolute atomic E-state index is 11.8. The van der Waals surface area contributed by atoms with Gasteiger partial charge in [-0.15, -0.1) is 11.8 Å². The fourth-order valence-corrected chi connectivity index (χ4v) is 3.73. The van der Waals surface area contributed by atoms with Crippen LogP contribution in [0.5, 0.6) is 11.5 Å². The molecule has 3 rings (SSSR count). The number of anilines is 1. The lowest BCUT2D eigenvalue weighted by Gasteiger charge is -2.17. The number of fused-ring (bicyclic) bond motifs is 1. The number of H-pyrrole nitrogens is 1. The molecule has 1 atom stereocenters. The van der Waals surface area contributed by atoms with Crippen LogP contribution in [-0.4, -0.2) is 36.1 Å². The van der Waals surface area contributed by atoms with Crippen LogP contribution in [0.4, 0.5) is 5.82 Å². The molecule has 6 nitrogen and oxygen atoms in total. The monoisotopic (exact) mass is 319 g/mol. The first-order chi connectivity index (χ1) is 10.6. The third-order valence-corrected chi connectivity index (χ3v) is 4.88. The number of hydrogen-bond donors (Lipinski definition) is 2. The Morgan fingerprint density at radius 3 is 2.77 bits per heavy atom. The van der Waals surface area contributed by atoms with Crippen LogP contribution in [0.3, 0.4) is 0 Å². The molecule has 0 bridgehead atoms. The van der Waals surface area contributed by atoms with Gasteiger partial charge >= 0.3 is 0 Å². The summed E-state index contributed by atoms with van der Waals surface area (Å²) in [4.78, 5) is 11.8. The lowest BCUT2D eigenvalue weighted by molar-refractivity contribution is -0.113. The van der Waals surface area contributed by atoms with Crippen LogP contribution in [0.2, 0.25) is 0 Å². The molecule has 0 fully saturated rings. The Balaban J connectivity index is 2.07. The van der Waals surface area contributed by atoms with Gasteiger partial charge < -0.3 is 14.8 Å². The molecule has 0 saturated carbocycles. The molecule has 22 heavy (non-hydrogen) atoms. The number of carbonyl (C=O) groups excluding carboxylic acids is 1. The number of nitrogens with zero attached hydrogens (tertiary/aromatic N) is 1. The van der Waals surface area contributed by atoms with Crippen molar-refractivity contribution >= 4 is 23.5 Å². The number of aryl methyl sites for hydroxylation is 1. The first kappa shape index (κ1) is 14.8. The van der Waals surface area contributed by atoms with Gasteiger partial charge in [-0.3, -0.25) is 9.89 Å². The van der Waals surface area contributed by atoms with Gasteiger partial charge in [0.05, 0.1) is 25.2 Å². The van der Waals surface area contributed by atoms with E-state index in [2.05, 4.69) is 15.5 Å². The second-order valence-electron chi connectivity index (χ2n) is 4.96. The summed E-state index contributed by atoms with van der Waals surface area (Å²) in [6.07, 6.45) is 0. The van der Waals surface area contributed by atoms with Crippen LogP contribution in [0.15, 0.2) is 18.2 Å². The van der Waals surface area contributed by atoms with Crippen molar-refractivity contribution in [2.75, 3.05) is 25.3 Å². The largest absolute Gasteiger partial charge is 0.493 e. The molecule has 0 aliphatic carbocycles. The van der Waals surface area contributed by atoms with Crippen molar-refractivity contribution in [1.82, 2.24) is 10.2 Å². The van der Waals surface area contributed by atoms with Crippen LogP contribution in [-0.2, 0) is 4.79 Å². The van der Waals surface area contributed by atoms with Crippen molar-refractivity contribution in [2.24, 2.45) is 0 Å². The van der Waals surface area contributed by atoms with Crippen LogP contribution in [0, 0.1) is 6.92 Å². The Hall–Kier alpha value is -2.15. The number of hydrogen-bond acceptors (Lipinski definition) is 5. The summed E-state index contributed by atoms with van der Waals surface area (Å²) < 4.78 is 10.7. The molecule has 1 amide bonds. The highest BCUT2D eigenvalue weighted by Crippen LogP contribution is 2.44. The molecule has 0 radical (unpaired) electrons. The Bertz CT molecular complexity index is 714. The predicted octanol–water partition coefficient (Wildman–Crippen LogP) is 2.51. The van der Waals surface area contributed by atoms with Gasteiger partial charge in [0.25, 0.3) is 0 Å². The summed E-state index contributed by atoms with van der Waals surface area (Å²) in [5.74, 6) is 2.30. The molecular weight excluding hydrogens is 302 g/mol. The van der Waals surface area contributed by atoms with Crippen molar-refractivity contribution in [3.8, 4) is 11.5 Å². The average Bonchev–Trinajstić information content (AvgIpc) is 2.79. The number of thioether (sulfide) groups is 1. The number of benzene rings is 1. The summed E-state index contributed by atoms with van der Waals surface area (Å²) >= 11 is 1.57. The first-order valence-electron chi connectivity index (χ1n) is 6.82. The van der Waals surface area contributed by atoms with E-state index in [1.165, 1.54) is 0 Å². The molecule has 1 aliphatic rings. The molecule has 1 aromatic carbocycles. The number of ether oxygens (including phenoxy) is 2. The van der Waals surface area contributed by atoms with E-state index in [4.69, 9.17) is 9.47 Å². The molecule has 1 aromatic heterocycles. The number of aromatic amines is 1. The molecule has 0 saturated heterocycles. The maximum Gasteiger partial charge on any atom is 0.235 e. The Kier molecular flexibility index (Phi) is 3.98. The van der Waals surface area contributed by atoms with Gasteiger partial charge in [-0.05, 0) is 24.6 Å². The van der Waals surface area contributed by atoms with Crippen molar-refractivity contribution in [1.29, 1.82) is 0 Å². The van der Waals surface area contributed by atoms with Gasteiger partial charge in [0.2, 0.25) is 5.91 Å². The zero-order valence-electron chi connectivity index (χ0n) is 12.6. The van der Waals surface area contributed by atoms with Gasteiger partial charge in [-0.25, -0.2) is 0 Å². The normalized spacial score (nSPS) is 17.4. The van der Waals surface area contributed by atoms with E-state index < -0.39 is 0 Å². The second kappa shape index (κ2) is 5.92. The molecule has 2 aromatic rings.